The van der Waals surface area contributed by atoms with Gasteiger partial charge < -0.3 is 19.8 Å². The van der Waals surface area contributed by atoms with Crippen LogP contribution in [0.2, 0.25) is 0 Å². The highest BCUT2D eigenvalue weighted by Gasteiger charge is 2.39. The molecule has 3 aromatic rings. The van der Waals surface area contributed by atoms with E-state index in [4.69, 9.17) is 9.47 Å². The van der Waals surface area contributed by atoms with E-state index in [1.807, 2.05) is 18.2 Å². The van der Waals surface area contributed by atoms with Crippen molar-refractivity contribution < 1.29 is 13.9 Å². The first-order valence-electron chi connectivity index (χ1n) is 9.94. The van der Waals surface area contributed by atoms with Crippen molar-refractivity contribution in [1.82, 2.24) is 10.3 Å². The van der Waals surface area contributed by atoms with Crippen LogP contribution >= 0.6 is 0 Å². The van der Waals surface area contributed by atoms with Gasteiger partial charge in [-0.3, -0.25) is 4.79 Å². The van der Waals surface area contributed by atoms with Crippen molar-refractivity contribution in [2.45, 2.75) is 18.8 Å². The molecule has 5 nitrogen and oxygen atoms in total. The summed E-state index contributed by atoms with van der Waals surface area (Å²) in [4.78, 5) is 14.2. The lowest BCUT2D eigenvalue weighted by molar-refractivity contribution is 0.308. The van der Waals surface area contributed by atoms with E-state index in [9.17, 15) is 9.18 Å². The molecule has 2 aromatic carbocycles. The van der Waals surface area contributed by atoms with E-state index >= 15 is 0 Å². The molecule has 2 atom stereocenters. The molecular formula is C23H25FN2O3. The zero-order valence-electron chi connectivity index (χ0n) is 16.4. The molecule has 0 bridgehead atoms. The van der Waals surface area contributed by atoms with Crippen molar-refractivity contribution in [1.29, 1.82) is 0 Å². The Hall–Kier alpha value is -2.86. The predicted octanol–water partition coefficient (Wildman–Crippen LogP) is 3.84. The van der Waals surface area contributed by atoms with E-state index in [1.54, 1.807) is 25.3 Å². The second-order valence-electron chi connectivity index (χ2n) is 7.47. The number of ether oxygens (including phenoxy) is 2. The molecule has 0 amide bonds. The molecule has 6 heteroatoms. The zero-order valence-corrected chi connectivity index (χ0v) is 16.4. The van der Waals surface area contributed by atoms with Gasteiger partial charge in [0.2, 0.25) is 5.56 Å². The van der Waals surface area contributed by atoms with Gasteiger partial charge in [0.25, 0.3) is 0 Å². The second-order valence-corrected chi connectivity index (χ2v) is 7.47. The molecule has 152 valence electrons. The SMILES string of the molecule is COc1ccc(F)cc1C1CC1CNCCCOc1ccc2ccc(=O)[nH]c2c1. The Morgan fingerprint density at radius 3 is 2.90 bits per heavy atom. The number of nitrogens with one attached hydrogen (secondary N) is 2. The smallest absolute Gasteiger partial charge is 0.248 e. The molecule has 1 aromatic heterocycles. The Balaban J connectivity index is 1.18. The maximum Gasteiger partial charge on any atom is 0.248 e. The van der Waals surface area contributed by atoms with Crippen molar-refractivity contribution in [3.63, 3.8) is 0 Å². The average molecular weight is 396 g/mol. The first-order chi connectivity index (χ1) is 14.1. The Morgan fingerprint density at radius 2 is 2.03 bits per heavy atom. The summed E-state index contributed by atoms with van der Waals surface area (Å²) in [5.74, 6) is 2.19. The molecule has 1 saturated carbocycles. The monoisotopic (exact) mass is 396 g/mol. The standard InChI is InChI=1S/C23H25FN2O3/c1-28-22-7-5-17(24)12-20(22)19-11-16(19)14-25-9-2-10-29-18-6-3-15-4-8-23(27)26-21(15)13-18/h3-8,12-13,16,19,25H,2,9-11,14H2,1H3,(H,26,27). The number of hydrogen-bond donors (Lipinski definition) is 2. The third kappa shape index (κ3) is 4.77. The van der Waals surface area contributed by atoms with Gasteiger partial charge in [-0.1, -0.05) is 0 Å². The van der Waals surface area contributed by atoms with E-state index in [-0.39, 0.29) is 11.4 Å². The summed E-state index contributed by atoms with van der Waals surface area (Å²) in [6.07, 6.45) is 1.93. The minimum atomic E-state index is -0.214. The normalized spacial score (nSPS) is 18.0. The van der Waals surface area contributed by atoms with Crippen LogP contribution in [0.5, 0.6) is 11.5 Å². The number of rotatable bonds is 9. The van der Waals surface area contributed by atoms with Crippen molar-refractivity contribution in [2.24, 2.45) is 5.92 Å². The van der Waals surface area contributed by atoms with Crippen molar-refractivity contribution >= 4 is 10.9 Å². The number of methoxy groups -OCH3 is 1. The number of halogens is 1. The Labute approximate surface area is 168 Å². The second kappa shape index (κ2) is 8.66. The molecule has 2 N–H and O–H groups in total. The third-order valence-electron chi connectivity index (χ3n) is 5.38. The molecule has 29 heavy (non-hydrogen) atoms. The Kier molecular flexibility index (Phi) is 5.81. The molecule has 2 unspecified atom stereocenters. The van der Waals surface area contributed by atoms with Crippen molar-refractivity contribution in [2.75, 3.05) is 26.8 Å². The van der Waals surface area contributed by atoms with Gasteiger partial charge in [0.05, 0.1) is 19.2 Å². The van der Waals surface area contributed by atoms with Gasteiger partial charge >= 0.3 is 0 Å². The molecule has 0 saturated heterocycles. The molecule has 1 fully saturated rings. The van der Waals surface area contributed by atoms with E-state index in [0.29, 0.717) is 18.4 Å². The largest absolute Gasteiger partial charge is 0.496 e. The lowest BCUT2D eigenvalue weighted by Gasteiger charge is -2.09. The van der Waals surface area contributed by atoms with Gasteiger partial charge in [0.15, 0.2) is 0 Å². The summed E-state index contributed by atoms with van der Waals surface area (Å²) >= 11 is 0. The highest BCUT2D eigenvalue weighted by Crippen LogP contribution is 2.50. The van der Waals surface area contributed by atoms with Crippen LogP contribution in [0, 0.1) is 11.7 Å². The van der Waals surface area contributed by atoms with Crippen LogP contribution in [0.1, 0.15) is 24.3 Å². The molecule has 0 spiro atoms. The number of pyridine rings is 1. The lowest BCUT2D eigenvalue weighted by atomic mass is 10.1. The molecule has 1 aliphatic carbocycles. The molecule has 0 aliphatic heterocycles. The highest BCUT2D eigenvalue weighted by molar-refractivity contribution is 5.79. The third-order valence-corrected chi connectivity index (χ3v) is 5.38. The number of aromatic nitrogens is 1. The van der Waals surface area contributed by atoms with Crippen molar-refractivity contribution in [3.05, 3.63) is 70.3 Å². The van der Waals surface area contributed by atoms with Crippen LogP contribution in [-0.2, 0) is 0 Å². The summed E-state index contributed by atoms with van der Waals surface area (Å²) in [6, 6.07) is 13.7. The summed E-state index contributed by atoms with van der Waals surface area (Å²) in [6.45, 7) is 2.36. The van der Waals surface area contributed by atoms with E-state index < -0.39 is 0 Å². The van der Waals surface area contributed by atoms with Gasteiger partial charge in [-0.25, -0.2) is 4.39 Å². The minimum absolute atomic E-state index is 0.118. The first kappa shape index (κ1) is 19.5. The maximum atomic E-state index is 13.5. The fourth-order valence-electron chi connectivity index (χ4n) is 3.74. The molecule has 0 radical (unpaired) electrons. The molecule has 4 rings (SSSR count). The lowest BCUT2D eigenvalue weighted by Crippen LogP contribution is -2.20. The summed E-state index contributed by atoms with van der Waals surface area (Å²) in [5, 5.41) is 4.44. The van der Waals surface area contributed by atoms with Gasteiger partial charge in [-0.15, -0.1) is 0 Å². The number of H-pyrrole nitrogens is 1. The van der Waals surface area contributed by atoms with Crippen LogP contribution in [-0.4, -0.2) is 31.8 Å². The Morgan fingerprint density at radius 1 is 1.17 bits per heavy atom. The van der Waals surface area contributed by atoms with E-state index in [1.165, 1.54) is 12.1 Å². The fraction of sp³-hybridized carbons (Fsp3) is 0.348. The average Bonchev–Trinajstić information content (AvgIpc) is 3.49. The van der Waals surface area contributed by atoms with Crippen LogP contribution < -0.4 is 20.3 Å². The first-order valence-corrected chi connectivity index (χ1v) is 9.94. The number of aromatic amines is 1. The minimum Gasteiger partial charge on any atom is -0.496 e. The number of hydrogen-bond acceptors (Lipinski definition) is 4. The van der Waals surface area contributed by atoms with E-state index in [2.05, 4.69) is 10.3 Å². The number of fused-ring (bicyclic) bond motifs is 1. The van der Waals surface area contributed by atoms with Crippen LogP contribution in [0.4, 0.5) is 4.39 Å². The zero-order chi connectivity index (χ0) is 20.2. The predicted molar refractivity (Wildman–Crippen MR) is 111 cm³/mol. The molecular weight excluding hydrogens is 371 g/mol. The summed E-state index contributed by atoms with van der Waals surface area (Å²) in [5.41, 5.74) is 1.63. The maximum absolute atomic E-state index is 13.5. The van der Waals surface area contributed by atoms with Gasteiger partial charge in [-0.05, 0) is 79.6 Å². The van der Waals surface area contributed by atoms with Crippen LogP contribution in [0.15, 0.2) is 53.3 Å². The molecule has 1 aliphatic rings. The van der Waals surface area contributed by atoms with Gasteiger partial charge in [0, 0.05) is 17.7 Å². The topological polar surface area (TPSA) is 63.4 Å². The van der Waals surface area contributed by atoms with Crippen LogP contribution in [0.3, 0.4) is 0 Å². The highest BCUT2D eigenvalue weighted by atomic mass is 19.1. The van der Waals surface area contributed by atoms with Gasteiger partial charge in [-0.2, -0.15) is 0 Å². The van der Waals surface area contributed by atoms with Crippen LogP contribution in [0.25, 0.3) is 10.9 Å². The van der Waals surface area contributed by atoms with Crippen molar-refractivity contribution in [3.8, 4) is 11.5 Å². The van der Waals surface area contributed by atoms with E-state index in [0.717, 1.165) is 53.9 Å². The summed E-state index contributed by atoms with van der Waals surface area (Å²) in [7, 11) is 1.62. The quantitative estimate of drug-likeness (QED) is 0.540. The fourth-order valence-corrected chi connectivity index (χ4v) is 3.74. The Bertz CT molecular complexity index is 1050. The summed E-state index contributed by atoms with van der Waals surface area (Å²) < 4.78 is 24.7. The van der Waals surface area contributed by atoms with Gasteiger partial charge in [0.1, 0.15) is 17.3 Å². The number of benzene rings is 2. The molecule has 1 heterocycles.